The smallest absolute Gasteiger partial charge is 0.228 e. The van der Waals surface area contributed by atoms with E-state index in [2.05, 4.69) is 43.2 Å². The van der Waals surface area contributed by atoms with Crippen LogP contribution in [0.2, 0.25) is 0 Å². The summed E-state index contributed by atoms with van der Waals surface area (Å²) in [5.41, 5.74) is 2.96. The number of halogens is 2. The molecule has 3 rings (SSSR count). The minimum absolute atomic E-state index is 0.0307. The summed E-state index contributed by atoms with van der Waals surface area (Å²) in [5.74, 6) is 0.909. The Hall–Kier alpha value is -1.33. The Morgan fingerprint density at radius 2 is 2.05 bits per heavy atom. The largest absolute Gasteiger partial charge is 0.493 e. The van der Waals surface area contributed by atoms with Crippen molar-refractivity contribution < 1.29 is 9.53 Å². The Balaban J connectivity index is 1.69. The van der Waals surface area contributed by atoms with Crippen LogP contribution in [0, 0.1) is 0 Å². The lowest BCUT2D eigenvalue weighted by Gasteiger charge is -2.08. The highest BCUT2D eigenvalue weighted by Crippen LogP contribution is 2.28. The third kappa shape index (κ3) is 3.47. The fraction of sp³-hybridized carbons (Fsp3) is 0.188. The van der Waals surface area contributed by atoms with E-state index in [4.69, 9.17) is 4.74 Å². The number of hydrogen-bond acceptors (Lipinski definition) is 2. The summed E-state index contributed by atoms with van der Waals surface area (Å²) in [6.07, 6.45) is 1.28. The van der Waals surface area contributed by atoms with Crippen LogP contribution in [0.25, 0.3) is 0 Å². The lowest BCUT2D eigenvalue weighted by atomic mass is 10.1. The average Bonchev–Trinajstić information content (AvgIpc) is 2.89. The van der Waals surface area contributed by atoms with Crippen LogP contribution in [0.5, 0.6) is 5.75 Å². The van der Waals surface area contributed by atoms with Crippen molar-refractivity contribution in [1.82, 2.24) is 0 Å². The van der Waals surface area contributed by atoms with Gasteiger partial charge in [0.2, 0.25) is 5.91 Å². The molecule has 108 valence electrons. The number of fused-ring (bicyclic) bond motifs is 1. The molecule has 1 aliphatic rings. The van der Waals surface area contributed by atoms with Crippen molar-refractivity contribution in [3.05, 3.63) is 56.5 Å². The molecule has 0 saturated heterocycles. The van der Waals surface area contributed by atoms with Gasteiger partial charge < -0.3 is 10.1 Å². The standard InChI is InChI=1S/C16H13Br2NO2/c17-12-2-3-14(13(18)9-12)19-16(20)8-10-1-4-15-11(7-10)5-6-21-15/h1-4,7,9H,5-6,8H2,(H,19,20). The highest BCUT2D eigenvalue weighted by molar-refractivity contribution is 9.11. The van der Waals surface area contributed by atoms with Crippen LogP contribution in [0.1, 0.15) is 11.1 Å². The highest BCUT2D eigenvalue weighted by Gasteiger charge is 2.13. The average molecular weight is 411 g/mol. The zero-order chi connectivity index (χ0) is 14.8. The first kappa shape index (κ1) is 14.6. The minimum Gasteiger partial charge on any atom is -0.493 e. The predicted molar refractivity (Wildman–Crippen MR) is 89.8 cm³/mol. The van der Waals surface area contributed by atoms with Gasteiger partial charge >= 0.3 is 0 Å². The minimum atomic E-state index is -0.0307. The van der Waals surface area contributed by atoms with Crippen LogP contribution < -0.4 is 10.1 Å². The molecule has 1 amide bonds. The number of carbonyl (C=O) groups excluding carboxylic acids is 1. The van der Waals surface area contributed by atoms with E-state index in [1.807, 2.05) is 30.3 Å². The molecule has 2 aromatic rings. The van der Waals surface area contributed by atoms with Crippen LogP contribution in [0.3, 0.4) is 0 Å². The molecule has 0 fully saturated rings. The molecule has 21 heavy (non-hydrogen) atoms. The number of nitrogens with one attached hydrogen (secondary N) is 1. The predicted octanol–water partition coefficient (Wildman–Crippen LogP) is 4.33. The second-order valence-corrected chi connectivity index (χ2v) is 6.66. The number of ether oxygens (including phenoxy) is 1. The molecule has 1 aliphatic heterocycles. The van der Waals surface area contributed by atoms with Gasteiger partial charge in [0.05, 0.1) is 18.7 Å². The van der Waals surface area contributed by atoms with E-state index in [-0.39, 0.29) is 5.91 Å². The SMILES string of the molecule is O=C(Cc1ccc2c(c1)CCO2)Nc1ccc(Br)cc1Br. The fourth-order valence-corrected chi connectivity index (χ4v) is 3.47. The third-order valence-corrected chi connectivity index (χ3v) is 4.47. The Morgan fingerprint density at radius 1 is 1.19 bits per heavy atom. The molecule has 0 spiro atoms. The lowest BCUT2D eigenvalue weighted by Crippen LogP contribution is -2.14. The van der Waals surface area contributed by atoms with E-state index in [0.717, 1.165) is 39.0 Å². The summed E-state index contributed by atoms with van der Waals surface area (Å²) in [6.45, 7) is 0.733. The van der Waals surface area contributed by atoms with E-state index >= 15 is 0 Å². The molecule has 0 aliphatic carbocycles. The van der Waals surface area contributed by atoms with Gasteiger partial charge in [-0.1, -0.05) is 28.1 Å². The van der Waals surface area contributed by atoms with Crippen molar-refractivity contribution in [2.45, 2.75) is 12.8 Å². The van der Waals surface area contributed by atoms with Crippen LogP contribution in [-0.2, 0) is 17.6 Å². The van der Waals surface area contributed by atoms with E-state index in [9.17, 15) is 4.79 Å². The number of rotatable bonds is 3. The van der Waals surface area contributed by atoms with Crippen molar-refractivity contribution in [3.63, 3.8) is 0 Å². The summed E-state index contributed by atoms with van der Waals surface area (Å²) >= 11 is 6.83. The maximum atomic E-state index is 12.1. The molecule has 0 radical (unpaired) electrons. The normalized spacial score (nSPS) is 12.7. The maximum Gasteiger partial charge on any atom is 0.228 e. The van der Waals surface area contributed by atoms with Crippen LogP contribution in [0.4, 0.5) is 5.69 Å². The molecular weight excluding hydrogens is 398 g/mol. The first-order chi connectivity index (χ1) is 10.1. The summed E-state index contributed by atoms with van der Waals surface area (Å²) in [4.78, 5) is 12.1. The molecular formula is C16H13Br2NO2. The fourth-order valence-electron chi connectivity index (χ4n) is 2.32. The second kappa shape index (κ2) is 6.20. The maximum absolute atomic E-state index is 12.1. The van der Waals surface area contributed by atoms with Crippen molar-refractivity contribution in [2.24, 2.45) is 0 Å². The Labute approximate surface area is 140 Å². The van der Waals surface area contributed by atoms with Crippen molar-refractivity contribution in [3.8, 4) is 5.75 Å². The number of anilines is 1. The van der Waals surface area contributed by atoms with Gasteiger partial charge in [0.25, 0.3) is 0 Å². The first-order valence-electron chi connectivity index (χ1n) is 6.61. The Kier molecular flexibility index (Phi) is 4.31. The van der Waals surface area contributed by atoms with E-state index in [1.165, 1.54) is 5.56 Å². The molecule has 2 aromatic carbocycles. The monoisotopic (exact) mass is 409 g/mol. The zero-order valence-electron chi connectivity index (χ0n) is 11.2. The second-order valence-electron chi connectivity index (χ2n) is 4.89. The molecule has 5 heteroatoms. The number of amides is 1. The molecule has 0 bridgehead atoms. The Morgan fingerprint density at radius 3 is 2.86 bits per heavy atom. The third-order valence-electron chi connectivity index (χ3n) is 3.32. The van der Waals surface area contributed by atoms with Crippen LogP contribution in [-0.4, -0.2) is 12.5 Å². The topological polar surface area (TPSA) is 38.3 Å². The summed E-state index contributed by atoms with van der Waals surface area (Å²) < 4.78 is 7.29. The zero-order valence-corrected chi connectivity index (χ0v) is 14.3. The molecule has 1 heterocycles. The van der Waals surface area contributed by atoms with Gasteiger partial charge in [-0.2, -0.15) is 0 Å². The molecule has 0 unspecified atom stereocenters. The molecule has 1 N–H and O–H groups in total. The van der Waals surface area contributed by atoms with Gasteiger partial charge in [-0.3, -0.25) is 4.79 Å². The van der Waals surface area contributed by atoms with Gasteiger partial charge in [-0.05, 0) is 51.3 Å². The molecule has 0 aromatic heterocycles. The van der Waals surface area contributed by atoms with E-state index in [0.29, 0.717) is 6.42 Å². The van der Waals surface area contributed by atoms with Crippen LogP contribution in [0.15, 0.2) is 45.3 Å². The number of benzene rings is 2. The van der Waals surface area contributed by atoms with Gasteiger partial charge in [-0.25, -0.2) is 0 Å². The molecule has 3 nitrogen and oxygen atoms in total. The van der Waals surface area contributed by atoms with E-state index in [1.54, 1.807) is 0 Å². The summed E-state index contributed by atoms with van der Waals surface area (Å²) in [7, 11) is 0. The van der Waals surface area contributed by atoms with Gasteiger partial charge in [0.1, 0.15) is 5.75 Å². The van der Waals surface area contributed by atoms with Gasteiger partial charge in [0.15, 0.2) is 0 Å². The quantitative estimate of drug-likeness (QED) is 0.817. The number of hydrogen-bond donors (Lipinski definition) is 1. The van der Waals surface area contributed by atoms with Gasteiger partial charge in [0, 0.05) is 15.4 Å². The number of carbonyl (C=O) groups is 1. The molecule has 0 atom stereocenters. The summed E-state index contributed by atoms with van der Waals surface area (Å²) in [5, 5.41) is 2.92. The first-order valence-corrected chi connectivity index (χ1v) is 8.20. The van der Waals surface area contributed by atoms with Crippen molar-refractivity contribution >= 4 is 43.5 Å². The van der Waals surface area contributed by atoms with Crippen LogP contribution >= 0.6 is 31.9 Å². The Bertz CT molecular complexity index is 701. The lowest BCUT2D eigenvalue weighted by molar-refractivity contribution is -0.115. The van der Waals surface area contributed by atoms with Crippen molar-refractivity contribution in [2.75, 3.05) is 11.9 Å². The molecule has 0 saturated carbocycles. The summed E-state index contributed by atoms with van der Waals surface area (Å²) in [6, 6.07) is 11.6. The highest BCUT2D eigenvalue weighted by atomic mass is 79.9. The van der Waals surface area contributed by atoms with Crippen molar-refractivity contribution in [1.29, 1.82) is 0 Å². The van der Waals surface area contributed by atoms with Gasteiger partial charge in [-0.15, -0.1) is 0 Å². The van der Waals surface area contributed by atoms with E-state index < -0.39 is 0 Å².